The fraction of sp³-hybridized carbons (Fsp3) is 0.455. The zero-order valence-corrected chi connectivity index (χ0v) is 8.21. The Morgan fingerprint density at radius 3 is 2.60 bits per heavy atom. The summed E-state index contributed by atoms with van der Waals surface area (Å²) >= 11 is 0. The van der Waals surface area contributed by atoms with Crippen LogP contribution in [-0.2, 0) is 6.54 Å². The Morgan fingerprint density at radius 1 is 1.27 bits per heavy atom. The van der Waals surface area contributed by atoms with Crippen molar-refractivity contribution in [1.29, 1.82) is 0 Å². The quantitative estimate of drug-likeness (QED) is 0.799. The van der Waals surface area contributed by atoms with E-state index in [4.69, 9.17) is 5.11 Å². The van der Waals surface area contributed by atoms with E-state index in [-0.39, 0.29) is 6.10 Å². The van der Waals surface area contributed by atoms with E-state index in [2.05, 4.69) is 5.32 Å². The highest BCUT2D eigenvalue weighted by atomic mass is 19.2. The van der Waals surface area contributed by atoms with Gasteiger partial charge in [0.25, 0.3) is 0 Å². The van der Waals surface area contributed by atoms with Crippen LogP contribution in [0.2, 0.25) is 0 Å². The summed E-state index contributed by atoms with van der Waals surface area (Å²) < 4.78 is 25.4. The monoisotopic (exact) mass is 213 g/mol. The average Bonchev–Trinajstić information content (AvgIpc) is 2.16. The van der Waals surface area contributed by atoms with Gasteiger partial charge < -0.3 is 10.4 Å². The van der Waals surface area contributed by atoms with E-state index in [9.17, 15) is 8.78 Å². The van der Waals surface area contributed by atoms with Gasteiger partial charge in [-0.1, -0.05) is 6.07 Å². The molecule has 0 aliphatic heterocycles. The Morgan fingerprint density at radius 2 is 2.00 bits per heavy atom. The molecule has 2 N–H and O–H groups in total. The van der Waals surface area contributed by atoms with Gasteiger partial charge >= 0.3 is 0 Å². The van der Waals surface area contributed by atoms with Gasteiger partial charge in [0.1, 0.15) is 0 Å². The Labute approximate surface area is 86.9 Å². The molecule has 0 radical (unpaired) electrons. The van der Waals surface area contributed by atoms with Crippen LogP contribution in [0.25, 0.3) is 0 Å². The second-order valence-electron chi connectivity index (χ2n) is 3.95. The SMILES string of the molecule is OC1CC(NCc2ccc(F)c(F)c2)C1. The third-order valence-corrected chi connectivity index (χ3v) is 2.69. The van der Waals surface area contributed by atoms with Gasteiger partial charge in [0.2, 0.25) is 0 Å². The van der Waals surface area contributed by atoms with E-state index in [0.717, 1.165) is 24.5 Å². The minimum absolute atomic E-state index is 0.201. The predicted octanol–water partition coefficient (Wildman–Crippen LogP) is 1.58. The molecule has 0 bridgehead atoms. The summed E-state index contributed by atoms with van der Waals surface area (Å²) in [5, 5.41) is 12.2. The molecular formula is C11H13F2NO. The molecule has 82 valence electrons. The molecule has 0 saturated heterocycles. The summed E-state index contributed by atoms with van der Waals surface area (Å²) in [6, 6.07) is 4.17. The second-order valence-corrected chi connectivity index (χ2v) is 3.95. The molecule has 2 rings (SSSR count). The first-order valence-corrected chi connectivity index (χ1v) is 5.00. The van der Waals surface area contributed by atoms with Gasteiger partial charge in [0, 0.05) is 12.6 Å². The number of benzene rings is 1. The van der Waals surface area contributed by atoms with E-state index in [0.29, 0.717) is 12.6 Å². The van der Waals surface area contributed by atoms with Crippen LogP contribution in [0, 0.1) is 11.6 Å². The van der Waals surface area contributed by atoms with E-state index in [1.165, 1.54) is 6.07 Å². The molecule has 2 nitrogen and oxygen atoms in total. The minimum Gasteiger partial charge on any atom is -0.393 e. The molecule has 1 aliphatic carbocycles. The average molecular weight is 213 g/mol. The van der Waals surface area contributed by atoms with Crippen LogP contribution in [0.15, 0.2) is 18.2 Å². The minimum atomic E-state index is -0.821. The Balaban J connectivity index is 1.86. The largest absolute Gasteiger partial charge is 0.393 e. The van der Waals surface area contributed by atoms with Gasteiger partial charge in [-0.2, -0.15) is 0 Å². The molecule has 0 unspecified atom stereocenters. The maximum absolute atomic E-state index is 12.8. The van der Waals surface area contributed by atoms with Crippen molar-refractivity contribution in [1.82, 2.24) is 5.32 Å². The molecule has 15 heavy (non-hydrogen) atoms. The van der Waals surface area contributed by atoms with Crippen molar-refractivity contribution in [2.75, 3.05) is 0 Å². The van der Waals surface area contributed by atoms with Gasteiger partial charge in [-0.05, 0) is 30.5 Å². The normalized spacial score (nSPS) is 25.0. The summed E-state index contributed by atoms with van der Waals surface area (Å²) in [6.45, 7) is 0.509. The van der Waals surface area contributed by atoms with Gasteiger partial charge in [0.15, 0.2) is 11.6 Å². The molecule has 0 heterocycles. The van der Waals surface area contributed by atoms with Crippen molar-refractivity contribution >= 4 is 0 Å². The van der Waals surface area contributed by atoms with Crippen molar-refractivity contribution in [2.24, 2.45) is 0 Å². The molecule has 0 atom stereocenters. The Kier molecular flexibility index (Phi) is 2.98. The summed E-state index contributed by atoms with van der Waals surface area (Å²) in [5.74, 6) is -1.64. The van der Waals surface area contributed by atoms with Crippen LogP contribution in [0.5, 0.6) is 0 Å². The first kappa shape index (κ1) is 10.5. The lowest BCUT2D eigenvalue weighted by Gasteiger charge is -2.32. The van der Waals surface area contributed by atoms with Gasteiger partial charge in [-0.25, -0.2) is 8.78 Å². The molecular weight excluding hydrogens is 200 g/mol. The highest BCUT2D eigenvalue weighted by molar-refractivity contribution is 5.17. The summed E-state index contributed by atoms with van der Waals surface area (Å²) in [6.07, 6.45) is 1.28. The number of halogens is 2. The van der Waals surface area contributed by atoms with Crippen LogP contribution in [0.4, 0.5) is 8.78 Å². The molecule has 1 aliphatic rings. The summed E-state index contributed by atoms with van der Waals surface area (Å²) in [4.78, 5) is 0. The number of hydrogen-bond acceptors (Lipinski definition) is 2. The number of aliphatic hydroxyl groups is 1. The molecule has 1 fully saturated rings. The van der Waals surface area contributed by atoms with Crippen LogP contribution in [0.1, 0.15) is 18.4 Å². The molecule has 1 aromatic rings. The molecule has 1 saturated carbocycles. The maximum atomic E-state index is 12.8. The lowest BCUT2D eigenvalue weighted by atomic mass is 9.89. The van der Waals surface area contributed by atoms with Crippen molar-refractivity contribution in [3.8, 4) is 0 Å². The number of hydrogen-bond donors (Lipinski definition) is 2. The van der Waals surface area contributed by atoms with E-state index >= 15 is 0 Å². The molecule has 0 aromatic heterocycles. The molecule has 1 aromatic carbocycles. The van der Waals surface area contributed by atoms with Crippen LogP contribution >= 0.6 is 0 Å². The van der Waals surface area contributed by atoms with E-state index in [1.54, 1.807) is 6.07 Å². The van der Waals surface area contributed by atoms with Crippen molar-refractivity contribution in [3.63, 3.8) is 0 Å². The van der Waals surface area contributed by atoms with Crippen molar-refractivity contribution in [2.45, 2.75) is 31.5 Å². The van der Waals surface area contributed by atoms with Crippen LogP contribution < -0.4 is 5.32 Å². The van der Waals surface area contributed by atoms with E-state index < -0.39 is 11.6 Å². The highest BCUT2D eigenvalue weighted by Crippen LogP contribution is 2.20. The predicted molar refractivity (Wildman–Crippen MR) is 52.2 cm³/mol. The first-order chi connectivity index (χ1) is 7.15. The molecule has 0 amide bonds. The summed E-state index contributed by atoms with van der Waals surface area (Å²) in [5.41, 5.74) is 0.718. The second kappa shape index (κ2) is 4.24. The smallest absolute Gasteiger partial charge is 0.159 e. The Bertz CT molecular complexity index is 350. The lowest BCUT2D eigenvalue weighted by molar-refractivity contribution is 0.0619. The van der Waals surface area contributed by atoms with E-state index in [1.807, 2.05) is 0 Å². The first-order valence-electron chi connectivity index (χ1n) is 5.00. The fourth-order valence-electron chi connectivity index (χ4n) is 1.67. The van der Waals surface area contributed by atoms with Crippen molar-refractivity contribution < 1.29 is 13.9 Å². The van der Waals surface area contributed by atoms with Crippen molar-refractivity contribution in [3.05, 3.63) is 35.4 Å². The van der Waals surface area contributed by atoms with Gasteiger partial charge in [-0.15, -0.1) is 0 Å². The van der Waals surface area contributed by atoms with Crippen LogP contribution in [0.3, 0.4) is 0 Å². The topological polar surface area (TPSA) is 32.3 Å². The standard InChI is InChI=1S/C11H13F2NO/c12-10-2-1-7(3-11(10)13)6-14-8-4-9(15)5-8/h1-3,8-9,14-15H,4-6H2. The zero-order chi connectivity index (χ0) is 10.8. The third-order valence-electron chi connectivity index (χ3n) is 2.69. The highest BCUT2D eigenvalue weighted by Gasteiger charge is 2.26. The Hall–Kier alpha value is -1.00. The number of rotatable bonds is 3. The van der Waals surface area contributed by atoms with Gasteiger partial charge in [0.05, 0.1) is 6.10 Å². The number of aliphatic hydroxyl groups excluding tert-OH is 1. The molecule has 4 heteroatoms. The third kappa shape index (κ3) is 2.52. The fourth-order valence-corrected chi connectivity index (χ4v) is 1.67. The zero-order valence-electron chi connectivity index (χ0n) is 8.21. The molecule has 0 spiro atoms. The maximum Gasteiger partial charge on any atom is 0.159 e. The van der Waals surface area contributed by atoms with Gasteiger partial charge in [-0.3, -0.25) is 0 Å². The summed E-state index contributed by atoms with van der Waals surface area (Å²) in [7, 11) is 0. The lowest BCUT2D eigenvalue weighted by Crippen LogP contribution is -2.43. The van der Waals surface area contributed by atoms with Crippen LogP contribution in [-0.4, -0.2) is 17.3 Å². The number of nitrogens with one attached hydrogen (secondary N) is 1.